The highest BCUT2D eigenvalue weighted by atomic mass is 32.1. The second-order valence-electron chi connectivity index (χ2n) is 5.82. The smallest absolute Gasteiger partial charge is 0.0932 e. The van der Waals surface area contributed by atoms with E-state index in [0.717, 1.165) is 31.9 Å². The van der Waals surface area contributed by atoms with Crippen molar-refractivity contribution < 1.29 is 0 Å². The largest absolute Gasteiger partial charge is 0.280 e. The van der Waals surface area contributed by atoms with Crippen molar-refractivity contribution in [1.82, 2.24) is 14.7 Å². The third-order valence-electron chi connectivity index (χ3n) is 4.24. The first-order valence-corrected chi connectivity index (χ1v) is 8.85. The lowest BCUT2D eigenvalue weighted by Crippen LogP contribution is -2.30. The lowest BCUT2D eigenvalue weighted by molar-refractivity contribution is 0.228. The summed E-state index contributed by atoms with van der Waals surface area (Å²) in [6, 6.07) is 14.9. The molecule has 0 radical (unpaired) electrons. The van der Waals surface area contributed by atoms with E-state index in [1.807, 2.05) is 4.68 Å². The van der Waals surface area contributed by atoms with E-state index in [-0.39, 0.29) is 0 Å². The number of rotatable bonds is 4. The molecule has 3 heterocycles. The predicted octanol–water partition coefficient (Wildman–Crippen LogP) is 4.36. The summed E-state index contributed by atoms with van der Waals surface area (Å²) in [4.78, 5) is 2.43. The van der Waals surface area contributed by atoms with Gasteiger partial charge in [0.2, 0.25) is 0 Å². The second kappa shape index (κ2) is 6.52. The van der Waals surface area contributed by atoms with Gasteiger partial charge in [-0.2, -0.15) is 16.4 Å². The van der Waals surface area contributed by atoms with Crippen molar-refractivity contribution in [3.8, 4) is 11.3 Å². The zero-order chi connectivity index (χ0) is 15.5. The average molecular weight is 321 g/mol. The molecule has 4 heteroatoms. The minimum absolute atomic E-state index is 0.850. The van der Waals surface area contributed by atoms with Crippen LogP contribution >= 0.6 is 11.3 Å². The Kier molecular flexibility index (Phi) is 4.09. The summed E-state index contributed by atoms with van der Waals surface area (Å²) in [5.74, 6) is 0. The van der Waals surface area contributed by atoms with Crippen molar-refractivity contribution in [2.45, 2.75) is 13.1 Å². The molecule has 116 valence electrons. The molecule has 0 amide bonds. The summed E-state index contributed by atoms with van der Waals surface area (Å²) in [6.45, 7) is 2.91. The number of thiophene rings is 1. The van der Waals surface area contributed by atoms with Crippen molar-refractivity contribution >= 4 is 16.9 Å². The molecule has 0 unspecified atom stereocenters. The summed E-state index contributed by atoms with van der Waals surface area (Å²) in [5.41, 5.74) is 5.08. The Hall–Kier alpha value is -2.17. The lowest BCUT2D eigenvalue weighted by atomic mass is 10.00. The van der Waals surface area contributed by atoms with E-state index < -0.39 is 0 Å². The van der Waals surface area contributed by atoms with E-state index >= 15 is 0 Å². The molecule has 3 nitrogen and oxygen atoms in total. The number of aromatic nitrogens is 2. The summed E-state index contributed by atoms with van der Waals surface area (Å²) in [5, 5.41) is 8.92. The fourth-order valence-corrected chi connectivity index (χ4v) is 3.61. The van der Waals surface area contributed by atoms with Crippen molar-refractivity contribution in [3.05, 3.63) is 71.1 Å². The highest BCUT2D eigenvalue weighted by Gasteiger charge is 2.13. The molecule has 2 aromatic heterocycles. The Bertz CT molecular complexity index is 787. The molecule has 0 atom stereocenters. The fraction of sp³-hybridized carbons (Fsp3) is 0.211. The lowest BCUT2D eigenvalue weighted by Gasteiger charge is -2.26. The normalized spacial score (nSPS) is 15.6. The van der Waals surface area contributed by atoms with Gasteiger partial charge in [0.15, 0.2) is 0 Å². The van der Waals surface area contributed by atoms with Crippen LogP contribution < -0.4 is 0 Å². The first-order valence-electron chi connectivity index (χ1n) is 7.91. The SMILES string of the molecule is C1=C(c2ccccc2)CCN(Cn2ccc(-c3ccsc3)n2)C1. The van der Waals surface area contributed by atoms with Crippen LogP contribution in [-0.2, 0) is 6.67 Å². The summed E-state index contributed by atoms with van der Waals surface area (Å²) in [6.07, 6.45) is 5.52. The maximum absolute atomic E-state index is 4.68. The van der Waals surface area contributed by atoms with E-state index in [9.17, 15) is 0 Å². The molecule has 0 fully saturated rings. The summed E-state index contributed by atoms with van der Waals surface area (Å²) < 4.78 is 2.04. The molecule has 0 bridgehead atoms. The quantitative estimate of drug-likeness (QED) is 0.712. The molecule has 0 saturated heterocycles. The van der Waals surface area contributed by atoms with Gasteiger partial charge in [-0.3, -0.25) is 9.58 Å². The first kappa shape index (κ1) is 14.4. The highest BCUT2D eigenvalue weighted by Crippen LogP contribution is 2.23. The number of hydrogen-bond acceptors (Lipinski definition) is 3. The maximum atomic E-state index is 4.68. The van der Waals surface area contributed by atoms with Crippen LogP contribution in [0.4, 0.5) is 0 Å². The van der Waals surface area contributed by atoms with Gasteiger partial charge in [-0.1, -0.05) is 36.4 Å². The van der Waals surface area contributed by atoms with Crippen molar-refractivity contribution in [2.24, 2.45) is 0 Å². The van der Waals surface area contributed by atoms with Crippen molar-refractivity contribution in [3.63, 3.8) is 0 Å². The maximum Gasteiger partial charge on any atom is 0.0932 e. The highest BCUT2D eigenvalue weighted by molar-refractivity contribution is 7.08. The summed E-state index contributed by atoms with van der Waals surface area (Å²) >= 11 is 1.71. The molecule has 23 heavy (non-hydrogen) atoms. The molecule has 0 N–H and O–H groups in total. The van der Waals surface area contributed by atoms with Crippen LogP contribution in [-0.4, -0.2) is 27.8 Å². The topological polar surface area (TPSA) is 21.1 Å². The molecule has 0 saturated carbocycles. The molecule has 1 aliphatic heterocycles. The van der Waals surface area contributed by atoms with Gasteiger partial charge in [0, 0.05) is 30.2 Å². The minimum Gasteiger partial charge on any atom is -0.280 e. The molecule has 0 aliphatic carbocycles. The fourth-order valence-electron chi connectivity index (χ4n) is 2.96. The Morgan fingerprint density at radius 1 is 1.04 bits per heavy atom. The van der Waals surface area contributed by atoms with Crippen LogP contribution in [0.25, 0.3) is 16.8 Å². The van der Waals surface area contributed by atoms with Gasteiger partial charge in [-0.05, 0) is 35.1 Å². The average Bonchev–Trinajstić information content (AvgIpc) is 3.28. The van der Waals surface area contributed by atoms with Crippen LogP contribution in [0, 0.1) is 0 Å². The molecular weight excluding hydrogens is 302 g/mol. The first-order chi connectivity index (χ1) is 11.4. The van der Waals surface area contributed by atoms with Gasteiger partial charge >= 0.3 is 0 Å². The number of benzene rings is 1. The second-order valence-corrected chi connectivity index (χ2v) is 6.60. The van der Waals surface area contributed by atoms with Crippen LogP contribution in [0.3, 0.4) is 0 Å². The predicted molar refractivity (Wildman–Crippen MR) is 96.1 cm³/mol. The van der Waals surface area contributed by atoms with Crippen LogP contribution in [0.15, 0.2) is 65.5 Å². The third-order valence-corrected chi connectivity index (χ3v) is 4.92. The third kappa shape index (κ3) is 3.28. The Balaban J connectivity index is 1.41. The minimum atomic E-state index is 0.850. The van der Waals surface area contributed by atoms with E-state index in [2.05, 4.69) is 75.5 Å². The van der Waals surface area contributed by atoms with Gasteiger partial charge in [0.05, 0.1) is 12.4 Å². The van der Waals surface area contributed by atoms with Gasteiger partial charge < -0.3 is 0 Å². The van der Waals surface area contributed by atoms with Crippen LogP contribution in [0.1, 0.15) is 12.0 Å². The van der Waals surface area contributed by atoms with Crippen molar-refractivity contribution in [1.29, 1.82) is 0 Å². The molecular formula is C19H19N3S. The molecule has 1 aromatic carbocycles. The molecule has 3 aromatic rings. The Labute approximate surface area is 140 Å². The van der Waals surface area contributed by atoms with Gasteiger partial charge in [0.25, 0.3) is 0 Å². The zero-order valence-corrected chi connectivity index (χ0v) is 13.7. The Morgan fingerprint density at radius 2 is 1.96 bits per heavy atom. The van der Waals surface area contributed by atoms with Gasteiger partial charge in [-0.25, -0.2) is 0 Å². The summed E-state index contributed by atoms with van der Waals surface area (Å²) in [7, 11) is 0. The van der Waals surface area contributed by atoms with E-state index in [4.69, 9.17) is 0 Å². The molecule has 4 rings (SSSR count). The van der Waals surface area contributed by atoms with Crippen LogP contribution in [0.2, 0.25) is 0 Å². The molecule has 1 aliphatic rings. The monoisotopic (exact) mass is 321 g/mol. The Morgan fingerprint density at radius 3 is 2.70 bits per heavy atom. The van der Waals surface area contributed by atoms with E-state index in [1.54, 1.807) is 11.3 Å². The van der Waals surface area contributed by atoms with Crippen molar-refractivity contribution in [2.75, 3.05) is 13.1 Å². The number of nitrogens with zero attached hydrogens (tertiary/aromatic N) is 3. The zero-order valence-electron chi connectivity index (χ0n) is 12.9. The van der Waals surface area contributed by atoms with Gasteiger partial charge in [-0.15, -0.1) is 0 Å². The van der Waals surface area contributed by atoms with Gasteiger partial charge in [0.1, 0.15) is 0 Å². The van der Waals surface area contributed by atoms with E-state index in [1.165, 1.54) is 16.7 Å². The number of hydrogen-bond donors (Lipinski definition) is 0. The van der Waals surface area contributed by atoms with Crippen LogP contribution in [0.5, 0.6) is 0 Å². The van der Waals surface area contributed by atoms with E-state index in [0.29, 0.717) is 0 Å². The standard InChI is InChI=1S/C19H19N3S/c1-2-4-16(5-3-1)17-6-10-21(11-7-17)15-22-12-8-19(20-22)18-9-13-23-14-18/h1-6,8-9,12-14H,7,10-11,15H2. The molecule has 0 spiro atoms.